The van der Waals surface area contributed by atoms with Gasteiger partial charge >= 0.3 is 15.5 Å². The van der Waals surface area contributed by atoms with Crippen molar-refractivity contribution in [1.82, 2.24) is 14.9 Å². The smallest absolute Gasteiger partial charge is 0.472 e. The Morgan fingerprint density at radius 3 is 2.56 bits per heavy atom. The first-order valence-corrected chi connectivity index (χ1v) is 14.1. The van der Waals surface area contributed by atoms with Crippen LogP contribution in [0.15, 0.2) is 51.7 Å². The van der Waals surface area contributed by atoms with Crippen LogP contribution in [0.3, 0.4) is 0 Å². The zero-order chi connectivity index (χ0) is 28.5. The van der Waals surface area contributed by atoms with Gasteiger partial charge in [-0.15, -0.1) is 0 Å². The van der Waals surface area contributed by atoms with Gasteiger partial charge in [-0.3, -0.25) is 14.1 Å². The molecule has 1 aliphatic heterocycles. The van der Waals surface area contributed by atoms with Gasteiger partial charge in [0.25, 0.3) is 11.9 Å². The summed E-state index contributed by atoms with van der Waals surface area (Å²) in [5.74, 6) is -0.509. The zero-order valence-electron chi connectivity index (χ0n) is 20.4. The average molecular weight is 650 g/mol. The average Bonchev–Trinajstić information content (AvgIpc) is 3.32. The topological polar surface area (TPSA) is 115 Å². The molecule has 0 spiro atoms. The lowest BCUT2D eigenvalue weighted by atomic mass is 10.0. The number of carbonyl (C=O) groups is 1. The van der Waals surface area contributed by atoms with Gasteiger partial charge in [-0.1, -0.05) is 29.8 Å². The molecule has 39 heavy (non-hydrogen) atoms. The minimum absolute atomic E-state index is 0.0186. The molecule has 15 heteroatoms. The molecule has 0 bridgehead atoms. The molecule has 208 valence electrons. The summed E-state index contributed by atoms with van der Waals surface area (Å²) >= 11 is 9.84. The molecule has 0 fully saturated rings. The highest BCUT2D eigenvalue weighted by Gasteiger charge is 2.46. The van der Waals surface area contributed by atoms with E-state index >= 15 is 0 Å². The van der Waals surface area contributed by atoms with E-state index in [0.29, 0.717) is 33.3 Å². The number of alkyl halides is 3. The number of ether oxygens (including phenoxy) is 1. The molecule has 2 N–H and O–H groups in total. The Balaban J connectivity index is 1.97. The molecular weight excluding hydrogens is 629 g/mol. The third kappa shape index (κ3) is 5.45. The number of hydrogen-bond donors (Lipinski definition) is 2. The van der Waals surface area contributed by atoms with E-state index in [1.807, 2.05) is 0 Å². The summed E-state index contributed by atoms with van der Waals surface area (Å²) < 4.78 is 78.1. The molecule has 0 saturated heterocycles. The minimum Gasteiger partial charge on any atom is -0.472 e. The summed E-state index contributed by atoms with van der Waals surface area (Å²) in [6.45, 7) is 3.92. The zero-order valence-corrected chi connectivity index (χ0v) is 23.6. The molecule has 1 aromatic carbocycles. The first-order chi connectivity index (χ1) is 18.4. The predicted molar refractivity (Wildman–Crippen MR) is 143 cm³/mol. The molecular formula is C24H21BrClF3N4O5S. The van der Waals surface area contributed by atoms with E-state index in [-0.39, 0.29) is 41.3 Å². The number of nitrogens with one attached hydrogen (secondary N) is 2. The summed E-state index contributed by atoms with van der Waals surface area (Å²) in [6.07, 6.45) is 2.85. The number of sulfonamides is 1. The maximum absolute atomic E-state index is 13.2. The largest absolute Gasteiger partial charge is 0.516 e. The number of hydrogen-bond acceptors (Lipinski definition) is 6. The van der Waals surface area contributed by atoms with Crippen LogP contribution in [0.1, 0.15) is 29.9 Å². The summed E-state index contributed by atoms with van der Waals surface area (Å²) in [6, 6.07) is 7.34. The van der Waals surface area contributed by atoms with Crippen LogP contribution in [0.4, 0.5) is 18.9 Å². The van der Waals surface area contributed by atoms with Gasteiger partial charge < -0.3 is 14.5 Å². The second-order valence-electron chi connectivity index (χ2n) is 8.06. The molecule has 2 heterocycles. The molecule has 0 atom stereocenters. The first-order valence-electron chi connectivity index (χ1n) is 11.4. The van der Waals surface area contributed by atoms with E-state index in [1.54, 1.807) is 30.7 Å². The fourth-order valence-corrected chi connectivity index (χ4v) is 5.65. The number of imidazole rings is 1. The van der Waals surface area contributed by atoms with E-state index in [9.17, 15) is 26.4 Å². The molecule has 9 nitrogen and oxygen atoms in total. The van der Waals surface area contributed by atoms with Crippen LogP contribution < -0.4 is 14.8 Å². The Morgan fingerprint density at radius 1 is 1.18 bits per heavy atom. The van der Waals surface area contributed by atoms with Crippen molar-refractivity contribution in [3.63, 3.8) is 0 Å². The quantitative estimate of drug-likeness (QED) is 0.226. The first kappa shape index (κ1) is 28.8. The number of para-hydroxylation sites is 1. The number of halogens is 5. The molecule has 4 rings (SSSR count). The molecule has 2 aromatic rings. The van der Waals surface area contributed by atoms with Crippen LogP contribution in [0.5, 0.6) is 6.01 Å². The van der Waals surface area contributed by atoms with Crippen molar-refractivity contribution in [2.45, 2.75) is 25.9 Å². The lowest BCUT2D eigenvalue weighted by molar-refractivity contribution is -0.0429. The maximum atomic E-state index is 13.2. The van der Waals surface area contributed by atoms with Gasteiger partial charge in [0.15, 0.2) is 5.15 Å². The summed E-state index contributed by atoms with van der Waals surface area (Å²) in [5.41, 5.74) is -3.63. The van der Waals surface area contributed by atoms with Crippen LogP contribution in [-0.2, 0) is 16.6 Å². The number of rotatable bonds is 9. The van der Waals surface area contributed by atoms with Crippen LogP contribution in [0, 0.1) is 0 Å². The molecule has 0 unspecified atom stereocenters. The third-order valence-electron chi connectivity index (χ3n) is 5.65. The highest BCUT2D eigenvalue weighted by atomic mass is 79.9. The SMILES string of the molecule is CCNC(=O)c1c(Cl)nc(OCC)n1Cc1c2ccocc-2c(Br)c1-c1ccccc1NS(=O)(=O)C(F)(F)F. The summed E-state index contributed by atoms with van der Waals surface area (Å²) in [5, 5.41) is 2.57. The van der Waals surface area contributed by atoms with E-state index in [2.05, 4.69) is 26.2 Å². The molecule has 1 aliphatic carbocycles. The van der Waals surface area contributed by atoms with Crippen molar-refractivity contribution in [3.8, 4) is 28.3 Å². The lowest BCUT2D eigenvalue weighted by Gasteiger charge is -2.17. The van der Waals surface area contributed by atoms with E-state index in [4.69, 9.17) is 20.8 Å². The Hall–Kier alpha value is -3.23. The van der Waals surface area contributed by atoms with Gasteiger partial charge in [-0.2, -0.15) is 26.6 Å². The molecule has 0 saturated carbocycles. The van der Waals surface area contributed by atoms with Crippen molar-refractivity contribution in [3.05, 3.63) is 63.7 Å². The Morgan fingerprint density at radius 2 is 1.90 bits per heavy atom. The lowest BCUT2D eigenvalue weighted by Crippen LogP contribution is -2.30. The van der Waals surface area contributed by atoms with Crippen LogP contribution in [0.2, 0.25) is 5.15 Å². The number of aromatic nitrogens is 2. The standard InChI is InChI=1S/C24H21BrClF3N4O5S/c1-3-30-22(34)20-21(26)31-23(38-4-2)33(20)11-15-13-9-10-37-12-16(13)19(25)18(15)14-7-5-6-8-17(14)32-39(35,36)24(27,28)29/h5-10,12,32H,3-4,11H2,1-2H3,(H,30,34). The van der Waals surface area contributed by atoms with Crippen molar-refractivity contribution >= 4 is 49.1 Å². The second kappa shape index (κ2) is 11.1. The molecule has 1 amide bonds. The van der Waals surface area contributed by atoms with E-state index in [0.717, 1.165) is 0 Å². The number of carbonyl (C=O) groups excluding carboxylic acids is 1. The predicted octanol–water partition coefficient (Wildman–Crippen LogP) is 6.12. The maximum Gasteiger partial charge on any atom is 0.516 e. The summed E-state index contributed by atoms with van der Waals surface area (Å²) in [4.78, 5) is 17.1. The van der Waals surface area contributed by atoms with Gasteiger partial charge in [0.05, 0.1) is 31.4 Å². The van der Waals surface area contributed by atoms with Crippen LogP contribution >= 0.6 is 27.5 Å². The Kier molecular flexibility index (Phi) is 8.19. The number of fused-ring (bicyclic) bond motifs is 1. The normalized spacial score (nSPS) is 12.1. The molecule has 1 aromatic heterocycles. The number of nitrogens with zero attached hydrogens (tertiary/aromatic N) is 2. The second-order valence-corrected chi connectivity index (χ2v) is 10.9. The van der Waals surface area contributed by atoms with Gasteiger partial charge in [-0.25, -0.2) is 0 Å². The fourth-order valence-electron chi connectivity index (χ4n) is 4.05. The Labute approximate surface area is 234 Å². The third-order valence-corrected chi connectivity index (χ3v) is 7.83. The molecule has 0 radical (unpaired) electrons. The van der Waals surface area contributed by atoms with Gasteiger partial charge in [0, 0.05) is 27.7 Å². The van der Waals surface area contributed by atoms with Crippen molar-refractivity contribution < 1.29 is 35.5 Å². The van der Waals surface area contributed by atoms with Gasteiger partial charge in [-0.05, 0) is 53.0 Å². The van der Waals surface area contributed by atoms with Gasteiger partial charge in [0.2, 0.25) is 0 Å². The van der Waals surface area contributed by atoms with E-state index in [1.165, 1.54) is 35.3 Å². The number of anilines is 1. The summed E-state index contributed by atoms with van der Waals surface area (Å²) in [7, 11) is -5.72. The van der Waals surface area contributed by atoms with Crippen LogP contribution in [0.25, 0.3) is 22.3 Å². The monoisotopic (exact) mass is 648 g/mol. The van der Waals surface area contributed by atoms with Crippen molar-refractivity contribution in [1.29, 1.82) is 0 Å². The minimum atomic E-state index is -5.72. The number of amides is 1. The fraction of sp³-hybridized carbons (Fsp3) is 0.250. The van der Waals surface area contributed by atoms with Crippen LogP contribution in [-0.4, -0.2) is 42.5 Å². The van der Waals surface area contributed by atoms with Crippen molar-refractivity contribution in [2.24, 2.45) is 0 Å². The highest BCUT2D eigenvalue weighted by molar-refractivity contribution is 9.10. The van der Waals surface area contributed by atoms with Gasteiger partial charge in [0.1, 0.15) is 5.69 Å². The van der Waals surface area contributed by atoms with E-state index < -0.39 is 21.4 Å². The Bertz CT molecular complexity index is 1600. The molecule has 2 aliphatic rings. The number of benzene rings is 1. The highest BCUT2D eigenvalue weighted by Crippen LogP contribution is 2.49. The van der Waals surface area contributed by atoms with Crippen molar-refractivity contribution in [2.75, 3.05) is 17.9 Å².